The Bertz CT molecular complexity index is 1560. The molecular formula is C30H31Cl2N5O3. The van der Waals surface area contributed by atoms with Gasteiger partial charge in [0.15, 0.2) is 0 Å². The standard InChI is InChI=1S/C30H31Cl2N5O3/c1-17-14-21-24(16-36(17)27(39)19-6-9-22(31)23(32)15-19)34-29(35-25-10-13-30(25)11-3-12-30)37(28(21)40)20-7-4-18(5-8-20)26(38)33-2/h4-9,15,17,25H,3,10-14,16H2,1-2H3,(H,33,38)(H,34,35)/t17-,25-/m1/s1. The van der Waals surface area contributed by atoms with Crippen LogP contribution in [0.25, 0.3) is 5.69 Å². The molecule has 2 aromatic carbocycles. The molecule has 1 aliphatic heterocycles. The van der Waals surface area contributed by atoms with E-state index < -0.39 is 0 Å². The summed E-state index contributed by atoms with van der Waals surface area (Å²) in [5, 5.41) is 6.94. The summed E-state index contributed by atoms with van der Waals surface area (Å²) in [6.07, 6.45) is 6.19. The number of fused-ring (bicyclic) bond motifs is 1. The maximum Gasteiger partial charge on any atom is 0.263 e. The summed E-state index contributed by atoms with van der Waals surface area (Å²) >= 11 is 12.2. The summed E-state index contributed by atoms with van der Waals surface area (Å²) in [4.78, 5) is 46.4. The molecule has 2 N–H and O–H groups in total. The maximum atomic E-state index is 14.1. The van der Waals surface area contributed by atoms with Gasteiger partial charge < -0.3 is 15.5 Å². The Hall–Kier alpha value is -3.36. The summed E-state index contributed by atoms with van der Waals surface area (Å²) in [6.45, 7) is 2.15. The molecule has 3 aliphatic rings. The average molecular weight is 581 g/mol. The molecule has 2 fully saturated rings. The summed E-state index contributed by atoms with van der Waals surface area (Å²) in [5.74, 6) is 0.0982. The fraction of sp³-hybridized carbons (Fsp3) is 0.400. The first-order chi connectivity index (χ1) is 19.2. The van der Waals surface area contributed by atoms with Gasteiger partial charge in [-0.2, -0.15) is 0 Å². The number of hydrogen-bond donors (Lipinski definition) is 2. The number of rotatable bonds is 5. The topological polar surface area (TPSA) is 96.3 Å². The Balaban J connectivity index is 1.39. The third-order valence-corrected chi connectivity index (χ3v) is 9.72. The third-order valence-electron chi connectivity index (χ3n) is 8.98. The molecule has 0 saturated heterocycles. The lowest BCUT2D eigenvalue weighted by molar-refractivity contribution is 0.0125. The van der Waals surface area contributed by atoms with Crippen molar-refractivity contribution in [1.82, 2.24) is 19.8 Å². The normalized spacial score (nSPS) is 20.8. The molecule has 3 aromatic rings. The molecule has 208 valence electrons. The Morgan fingerprint density at radius 1 is 1.02 bits per heavy atom. The average Bonchev–Trinajstić information content (AvgIpc) is 2.91. The SMILES string of the molecule is CNC(=O)c1ccc(-n2c(N[C@@H]3CCC34CCC4)nc3c(c2=O)C[C@@H](C)N(C(=O)c2ccc(Cl)c(Cl)c2)C3)cc1. The predicted octanol–water partition coefficient (Wildman–Crippen LogP) is 5.23. The number of carbonyl (C=O) groups excluding carboxylic acids is 2. The van der Waals surface area contributed by atoms with Crippen LogP contribution in [0.1, 0.15) is 71.0 Å². The van der Waals surface area contributed by atoms with Gasteiger partial charge in [0.2, 0.25) is 5.95 Å². The number of halogens is 2. The Morgan fingerprint density at radius 2 is 1.75 bits per heavy atom. The van der Waals surface area contributed by atoms with Crippen LogP contribution in [0.3, 0.4) is 0 Å². The number of nitrogens with one attached hydrogen (secondary N) is 2. The quantitative estimate of drug-likeness (QED) is 0.431. The Morgan fingerprint density at radius 3 is 2.35 bits per heavy atom. The minimum Gasteiger partial charge on any atom is -0.355 e. The van der Waals surface area contributed by atoms with E-state index in [2.05, 4.69) is 10.6 Å². The highest BCUT2D eigenvalue weighted by molar-refractivity contribution is 6.42. The van der Waals surface area contributed by atoms with E-state index in [1.807, 2.05) is 6.92 Å². The number of benzene rings is 2. The first-order valence-electron chi connectivity index (χ1n) is 13.7. The van der Waals surface area contributed by atoms with Crippen molar-refractivity contribution in [3.05, 3.63) is 85.2 Å². The molecule has 0 unspecified atom stereocenters. The molecule has 1 spiro atoms. The molecule has 0 bridgehead atoms. The molecule has 8 nitrogen and oxygen atoms in total. The van der Waals surface area contributed by atoms with Crippen LogP contribution in [0.2, 0.25) is 10.0 Å². The summed E-state index contributed by atoms with van der Waals surface area (Å²) in [7, 11) is 1.59. The lowest BCUT2D eigenvalue weighted by Crippen LogP contribution is -2.54. The zero-order valence-electron chi connectivity index (χ0n) is 22.5. The van der Waals surface area contributed by atoms with E-state index in [0.29, 0.717) is 50.5 Å². The fourth-order valence-electron chi connectivity index (χ4n) is 6.28. The monoisotopic (exact) mass is 579 g/mol. The lowest BCUT2D eigenvalue weighted by Gasteiger charge is -2.56. The number of anilines is 1. The van der Waals surface area contributed by atoms with Crippen LogP contribution in [0.4, 0.5) is 5.95 Å². The first kappa shape index (κ1) is 26.8. The van der Waals surface area contributed by atoms with E-state index in [1.54, 1.807) is 59.0 Å². The third kappa shape index (κ3) is 4.47. The van der Waals surface area contributed by atoms with Crippen molar-refractivity contribution in [2.75, 3.05) is 12.4 Å². The minimum absolute atomic E-state index is 0.157. The summed E-state index contributed by atoms with van der Waals surface area (Å²) in [6, 6.07) is 11.8. The van der Waals surface area contributed by atoms with E-state index >= 15 is 0 Å². The highest BCUT2D eigenvalue weighted by Crippen LogP contribution is 2.56. The van der Waals surface area contributed by atoms with Crippen molar-refractivity contribution in [3.63, 3.8) is 0 Å². The van der Waals surface area contributed by atoms with Crippen LogP contribution < -0.4 is 16.2 Å². The van der Waals surface area contributed by atoms with Crippen molar-refractivity contribution in [3.8, 4) is 5.69 Å². The highest BCUT2D eigenvalue weighted by Gasteiger charge is 2.51. The van der Waals surface area contributed by atoms with Crippen LogP contribution in [0, 0.1) is 5.41 Å². The Kier molecular flexibility index (Phi) is 6.87. The minimum atomic E-state index is -0.225. The fourth-order valence-corrected chi connectivity index (χ4v) is 6.57. The van der Waals surface area contributed by atoms with Gasteiger partial charge in [-0.05, 0) is 86.9 Å². The lowest BCUT2D eigenvalue weighted by atomic mass is 9.53. The van der Waals surface area contributed by atoms with Crippen molar-refractivity contribution in [2.45, 2.75) is 64.1 Å². The first-order valence-corrected chi connectivity index (χ1v) is 14.5. The van der Waals surface area contributed by atoms with Gasteiger partial charge in [0.05, 0.1) is 28.0 Å². The van der Waals surface area contributed by atoms with Crippen molar-refractivity contribution in [1.29, 1.82) is 0 Å². The van der Waals surface area contributed by atoms with Crippen molar-refractivity contribution >= 4 is 41.0 Å². The molecule has 10 heteroatoms. The number of hydrogen-bond acceptors (Lipinski definition) is 5. The zero-order chi connectivity index (χ0) is 28.2. The molecule has 0 radical (unpaired) electrons. The number of carbonyl (C=O) groups is 2. The second-order valence-electron chi connectivity index (χ2n) is 11.2. The number of aromatic nitrogens is 2. The smallest absolute Gasteiger partial charge is 0.263 e. The van der Waals surface area contributed by atoms with Crippen LogP contribution >= 0.6 is 23.2 Å². The number of amides is 2. The van der Waals surface area contributed by atoms with Crippen molar-refractivity contribution < 1.29 is 9.59 Å². The molecule has 6 rings (SSSR count). The van der Waals surface area contributed by atoms with Gasteiger partial charge >= 0.3 is 0 Å². The largest absolute Gasteiger partial charge is 0.355 e. The van der Waals surface area contributed by atoms with Crippen LogP contribution in [0.15, 0.2) is 47.3 Å². The highest BCUT2D eigenvalue weighted by atomic mass is 35.5. The van der Waals surface area contributed by atoms with E-state index in [-0.39, 0.29) is 41.4 Å². The van der Waals surface area contributed by atoms with Crippen LogP contribution in [0.5, 0.6) is 0 Å². The van der Waals surface area contributed by atoms with Gasteiger partial charge in [-0.15, -0.1) is 0 Å². The van der Waals surface area contributed by atoms with Gasteiger partial charge in [-0.25, -0.2) is 9.55 Å². The van der Waals surface area contributed by atoms with Gasteiger partial charge in [-0.1, -0.05) is 29.6 Å². The molecule has 2 atom stereocenters. The molecule has 1 aromatic heterocycles. The molecule has 2 amide bonds. The molecule has 2 saturated carbocycles. The van der Waals surface area contributed by atoms with E-state index in [1.165, 1.54) is 25.7 Å². The molecule has 2 aliphatic carbocycles. The van der Waals surface area contributed by atoms with Gasteiger partial charge in [-0.3, -0.25) is 14.4 Å². The predicted molar refractivity (Wildman–Crippen MR) is 156 cm³/mol. The molecule has 40 heavy (non-hydrogen) atoms. The van der Waals surface area contributed by atoms with Gasteiger partial charge in [0, 0.05) is 35.8 Å². The van der Waals surface area contributed by atoms with E-state index in [4.69, 9.17) is 28.2 Å². The number of nitrogens with zero attached hydrogens (tertiary/aromatic N) is 3. The van der Waals surface area contributed by atoms with Gasteiger partial charge in [0.25, 0.3) is 17.4 Å². The zero-order valence-corrected chi connectivity index (χ0v) is 24.0. The maximum absolute atomic E-state index is 14.1. The second kappa shape index (κ2) is 10.2. The van der Waals surface area contributed by atoms with Gasteiger partial charge in [0.1, 0.15) is 0 Å². The van der Waals surface area contributed by atoms with Crippen molar-refractivity contribution in [2.24, 2.45) is 5.41 Å². The summed E-state index contributed by atoms with van der Waals surface area (Å²) < 4.78 is 1.63. The summed E-state index contributed by atoms with van der Waals surface area (Å²) in [5.41, 5.74) is 2.91. The van der Waals surface area contributed by atoms with Crippen LogP contribution in [-0.2, 0) is 13.0 Å². The van der Waals surface area contributed by atoms with Crippen LogP contribution in [-0.4, -0.2) is 45.4 Å². The Labute approximate surface area is 242 Å². The molecular weight excluding hydrogens is 549 g/mol. The molecule has 2 heterocycles. The van der Waals surface area contributed by atoms with E-state index in [0.717, 1.165) is 6.42 Å². The van der Waals surface area contributed by atoms with E-state index in [9.17, 15) is 14.4 Å². The second-order valence-corrected chi connectivity index (χ2v) is 12.0.